The molecule has 0 saturated heterocycles. The lowest BCUT2D eigenvalue weighted by atomic mass is 10.0. The molecule has 0 radical (unpaired) electrons. The maximum atomic E-state index is 13.5. The zero-order valence-corrected chi connectivity index (χ0v) is 32.0. The maximum Gasteiger partial charge on any atom is 0.306 e. The van der Waals surface area contributed by atoms with Gasteiger partial charge >= 0.3 is 11.9 Å². The molecule has 0 aliphatic carbocycles. The van der Waals surface area contributed by atoms with Crippen LogP contribution in [-0.2, 0) is 32.7 Å². The van der Waals surface area contributed by atoms with E-state index >= 15 is 0 Å². The second-order valence-electron chi connectivity index (χ2n) is 12.4. The van der Waals surface area contributed by atoms with Gasteiger partial charge in [-0.2, -0.15) is 0 Å². The second kappa shape index (κ2) is 35.5. The number of unbranched alkanes of at least 4 members (excludes halogenated alkanes) is 11. The molecule has 308 valence electrons. The molecular formula is C42H82NO8P. The van der Waals surface area contributed by atoms with Crippen LogP contribution in [0.25, 0.3) is 0 Å². The van der Waals surface area contributed by atoms with E-state index in [9.17, 15) is 19.0 Å². The Hall–Kier alpha value is -1.25. The van der Waals surface area contributed by atoms with Crippen molar-refractivity contribution in [3.05, 3.63) is 12.2 Å². The Kier molecular flexibility index (Phi) is 13.1. The highest BCUT2D eigenvalue weighted by Crippen LogP contribution is 2.38. The fraction of sp³-hybridized carbons (Fsp3) is 0.905. The summed E-state index contributed by atoms with van der Waals surface area (Å²) in [7, 11) is -0.124. The predicted octanol–water partition coefficient (Wildman–Crippen LogP) is 11.2. The average Bonchev–Trinajstić information content (AvgIpc) is 3.31. The highest BCUT2D eigenvalue weighted by Gasteiger charge is 2.21. The molecule has 2 atom stereocenters. The zero-order chi connectivity index (χ0) is 66.2. The first-order valence-electron chi connectivity index (χ1n) is 33.1. The Morgan fingerprint density at radius 2 is 1.23 bits per heavy atom. The first-order chi connectivity index (χ1) is 36.7. The van der Waals surface area contributed by atoms with Crippen LogP contribution < -0.4 is 4.89 Å². The van der Waals surface area contributed by atoms with Crippen molar-refractivity contribution in [2.45, 2.75) is 199 Å². The molecular weight excluding hydrogens is 677 g/mol. The summed E-state index contributed by atoms with van der Waals surface area (Å²) in [4.78, 5) is 39.1. The molecule has 0 heterocycles. The fourth-order valence-electron chi connectivity index (χ4n) is 3.97. The molecule has 0 aliphatic rings. The molecule has 0 aromatic rings. The monoisotopic (exact) mass is 791 g/mol. The van der Waals surface area contributed by atoms with Crippen LogP contribution in [0, 0.1) is 0 Å². The highest BCUT2D eigenvalue weighted by atomic mass is 31.2. The SMILES string of the molecule is [2H]C([2H])([2H])C([2H])([2H])C([2H])([2H])C([2H])([2H])C([2H])([2H])C([2H])([2H])C([2H])([2H])C([2H])([2H])C([2H])([2H])C([2H])([2H])C([2H])([2H])C([2H])([2H])C([2H])([2H])C([2H])([2H])C([2H])([2H])C(=O)OC[C@H](COP(=O)([O-])OCC[N+](C)(C)C)OC(=O)CCCCCCCC=CCCCCCCCC. The molecule has 0 rings (SSSR count). The standard InChI is InChI=1S/C42H82NO8P/c1-6-8-10-12-14-16-18-20-21-23-25-27-29-31-33-35-42(45)51-40(39-50-52(46,47)49-37-36-43(3,4)5)38-48-41(44)34-32-30-28-26-24-22-19-17-15-13-11-9-7-2/h20-21,40H,6-19,22-39H2,1-5H3/t40-/m1/s1/i2D3,7D2,9D2,11D2,13D2,15D2,17D2,19D2,22D2,24D2,26D2,28D2,30D2,32D2,34D2. The Morgan fingerprint density at radius 1 is 0.712 bits per heavy atom. The summed E-state index contributed by atoms with van der Waals surface area (Å²) < 4.78 is 287. The van der Waals surface area contributed by atoms with Crippen LogP contribution in [0.1, 0.15) is 235 Å². The van der Waals surface area contributed by atoms with E-state index in [1.54, 1.807) is 21.1 Å². The lowest BCUT2D eigenvalue weighted by Crippen LogP contribution is -2.37. The molecule has 0 aromatic carbocycles. The summed E-state index contributed by atoms with van der Waals surface area (Å²) in [6, 6.07) is 0. The lowest BCUT2D eigenvalue weighted by molar-refractivity contribution is -0.870. The number of likely N-dealkylation sites (N-methyl/N-ethyl adjacent to an activating group) is 1. The number of rotatable bonds is 39. The van der Waals surface area contributed by atoms with Crippen LogP contribution in [-0.4, -0.2) is 70.0 Å². The van der Waals surface area contributed by atoms with Crippen LogP contribution in [0.4, 0.5) is 0 Å². The maximum absolute atomic E-state index is 13.5. The van der Waals surface area contributed by atoms with Crippen molar-refractivity contribution in [3.8, 4) is 0 Å². The van der Waals surface area contributed by atoms with E-state index in [1.165, 1.54) is 32.1 Å². The quantitative estimate of drug-likeness (QED) is 0.0199. The number of hydrogen-bond donors (Lipinski definition) is 0. The van der Waals surface area contributed by atoms with Crippen LogP contribution >= 0.6 is 7.82 Å². The number of ether oxygens (including phenoxy) is 2. The van der Waals surface area contributed by atoms with Crippen molar-refractivity contribution >= 4 is 19.8 Å². The van der Waals surface area contributed by atoms with E-state index in [0.717, 1.165) is 32.1 Å². The molecule has 0 N–H and O–H groups in total. The average molecular weight is 791 g/mol. The van der Waals surface area contributed by atoms with Gasteiger partial charge in [0.05, 0.1) is 27.7 Å². The van der Waals surface area contributed by atoms with Gasteiger partial charge in [0, 0.05) is 55.3 Å². The van der Waals surface area contributed by atoms with E-state index in [2.05, 4.69) is 19.1 Å². The minimum absolute atomic E-state index is 0.138. The number of carbonyl (C=O) groups excluding carboxylic acids is 2. The van der Waals surface area contributed by atoms with E-state index in [4.69, 9.17) is 61.0 Å². The Balaban J connectivity index is 6.84. The third kappa shape index (κ3) is 38.5. The molecule has 9 nitrogen and oxygen atoms in total. The van der Waals surface area contributed by atoms with Crippen LogP contribution in [0.5, 0.6) is 0 Å². The molecule has 0 aliphatic heterocycles. The third-order valence-corrected chi connectivity index (χ3v) is 7.65. The zero-order valence-electron chi connectivity index (χ0n) is 62.1. The number of allylic oxidation sites excluding steroid dienone is 2. The summed E-state index contributed by atoms with van der Waals surface area (Å²) in [5, 5.41) is 0. The van der Waals surface area contributed by atoms with Gasteiger partial charge in [-0.05, 0) is 38.5 Å². The van der Waals surface area contributed by atoms with E-state index in [-0.39, 0.29) is 23.9 Å². The normalized spacial score (nSPS) is 26.7. The molecule has 0 spiro atoms. The first-order valence-corrected chi connectivity index (χ1v) is 19.0. The van der Waals surface area contributed by atoms with Gasteiger partial charge in [-0.1, -0.05) is 154 Å². The van der Waals surface area contributed by atoms with Crippen molar-refractivity contribution in [1.82, 2.24) is 0 Å². The van der Waals surface area contributed by atoms with Gasteiger partial charge in [-0.15, -0.1) is 0 Å². The van der Waals surface area contributed by atoms with Gasteiger partial charge < -0.3 is 27.9 Å². The Labute approximate surface area is 364 Å². The van der Waals surface area contributed by atoms with Gasteiger partial charge in [0.1, 0.15) is 19.8 Å². The van der Waals surface area contributed by atoms with Crippen molar-refractivity contribution in [2.24, 2.45) is 0 Å². The largest absolute Gasteiger partial charge is 0.756 e. The van der Waals surface area contributed by atoms with Crippen LogP contribution in [0.15, 0.2) is 12.2 Å². The van der Waals surface area contributed by atoms with Crippen molar-refractivity contribution in [1.29, 1.82) is 0 Å². The van der Waals surface area contributed by atoms with Crippen LogP contribution in [0.3, 0.4) is 0 Å². The predicted molar refractivity (Wildman–Crippen MR) is 213 cm³/mol. The minimum Gasteiger partial charge on any atom is -0.756 e. The highest BCUT2D eigenvalue weighted by molar-refractivity contribution is 7.45. The molecule has 0 aromatic heterocycles. The number of esters is 2. The number of quaternary nitrogens is 1. The lowest BCUT2D eigenvalue weighted by Gasteiger charge is -2.28. The number of carbonyl (C=O) groups is 2. The van der Waals surface area contributed by atoms with E-state index in [0.29, 0.717) is 12.8 Å². The minimum atomic E-state index is -5.24. The first kappa shape index (κ1) is 19.3. The van der Waals surface area contributed by atoms with Crippen molar-refractivity contribution in [2.75, 3.05) is 47.5 Å². The summed E-state index contributed by atoms with van der Waals surface area (Å²) in [6.07, 6.45) is -55.7. The number of hydrogen-bond acceptors (Lipinski definition) is 8. The third-order valence-electron chi connectivity index (χ3n) is 6.69. The van der Waals surface area contributed by atoms with Gasteiger partial charge in [-0.25, -0.2) is 0 Å². The molecule has 0 bridgehead atoms. The summed E-state index contributed by atoms with van der Waals surface area (Å²) >= 11 is 0. The summed E-state index contributed by atoms with van der Waals surface area (Å²) in [5.41, 5.74) is 0. The Morgan fingerprint density at radius 3 is 1.79 bits per heavy atom. The molecule has 52 heavy (non-hydrogen) atoms. The second-order valence-corrected chi connectivity index (χ2v) is 13.8. The molecule has 1 unspecified atom stereocenters. The summed E-state index contributed by atoms with van der Waals surface area (Å²) in [5.74, 6) is -3.52. The number of phosphoric acid groups is 1. The number of nitrogens with zero attached hydrogens (tertiary/aromatic N) is 1. The fourth-order valence-corrected chi connectivity index (χ4v) is 4.70. The Bertz CT molecular complexity index is 2170. The van der Waals surface area contributed by atoms with E-state index in [1.807, 2.05) is 0 Å². The van der Waals surface area contributed by atoms with E-state index < -0.39 is 142 Å². The van der Waals surface area contributed by atoms with Gasteiger partial charge in [0.2, 0.25) is 0 Å². The summed E-state index contributed by atoms with van der Waals surface area (Å²) in [6.45, 7) is -4.86. The van der Waals surface area contributed by atoms with Gasteiger partial charge in [-0.3, -0.25) is 14.2 Å². The van der Waals surface area contributed by atoms with Gasteiger partial charge in [0.15, 0.2) is 6.10 Å². The van der Waals surface area contributed by atoms with Crippen molar-refractivity contribution < 1.29 is 84.5 Å². The molecule has 0 fully saturated rings. The smallest absolute Gasteiger partial charge is 0.306 e. The molecule has 10 heteroatoms. The van der Waals surface area contributed by atoms with Crippen molar-refractivity contribution in [3.63, 3.8) is 0 Å². The topological polar surface area (TPSA) is 111 Å². The van der Waals surface area contributed by atoms with Crippen LogP contribution in [0.2, 0.25) is 0 Å². The van der Waals surface area contributed by atoms with Gasteiger partial charge in [0.25, 0.3) is 7.82 Å². The molecule has 0 saturated carbocycles. The number of phosphoric ester groups is 1. The molecule has 0 amide bonds.